The number of hydrogen-bond acceptors (Lipinski definition) is 3. The van der Waals surface area contributed by atoms with Crippen molar-refractivity contribution >= 4 is 45.3 Å². The summed E-state index contributed by atoms with van der Waals surface area (Å²) < 4.78 is 4.70. The molecular formula is C22H19BrClN5O. The van der Waals surface area contributed by atoms with Crippen LogP contribution in [0.3, 0.4) is 0 Å². The predicted octanol–water partition coefficient (Wildman–Crippen LogP) is 5.23. The highest BCUT2D eigenvalue weighted by Crippen LogP contribution is 2.22. The first-order valence-corrected chi connectivity index (χ1v) is 10.4. The summed E-state index contributed by atoms with van der Waals surface area (Å²) in [5.74, 6) is -0.321. The molecule has 6 nitrogen and oxygen atoms in total. The SMILES string of the molecule is Cc1nc2ccc(Br)cn2c1C(=O)N/N=C\c1cc(C)n(-c2cccc(Cl)c2)c1C. The maximum atomic E-state index is 12.7. The van der Waals surface area contributed by atoms with E-state index in [9.17, 15) is 4.79 Å². The first-order chi connectivity index (χ1) is 14.3. The summed E-state index contributed by atoms with van der Waals surface area (Å²) in [6.45, 7) is 5.82. The van der Waals surface area contributed by atoms with E-state index < -0.39 is 0 Å². The fourth-order valence-electron chi connectivity index (χ4n) is 3.55. The van der Waals surface area contributed by atoms with E-state index in [4.69, 9.17) is 11.6 Å². The molecule has 0 fully saturated rings. The summed E-state index contributed by atoms with van der Waals surface area (Å²) in [5, 5.41) is 4.86. The largest absolute Gasteiger partial charge is 0.318 e. The zero-order valence-electron chi connectivity index (χ0n) is 16.6. The molecule has 0 saturated carbocycles. The molecule has 0 unspecified atom stereocenters. The van der Waals surface area contributed by atoms with Gasteiger partial charge in [0.25, 0.3) is 5.91 Å². The van der Waals surface area contributed by atoms with Crippen LogP contribution in [0.25, 0.3) is 11.3 Å². The van der Waals surface area contributed by atoms with E-state index in [-0.39, 0.29) is 5.91 Å². The minimum Gasteiger partial charge on any atom is -0.318 e. The van der Waals surface area contributed by atoms with Crippen LogP contribution < -0.4 is 5.43 Å². The molecule has 0 aliphatic rings. The summed E-state index contributed by atoms with van der Waals surface area (Å²) in [5.41, 5.74) is 8.35. The summed E-state index contributed by atoms with van der Waals surface area (Å²) >= 11 is 9.57. The highest BCUT2D eigenvalue weighted by Gasteiger charge is 2.16. The summed E-state index contributed by atoms with van der Waals surface area (Å²) in [7, 11) is 0. The van der Waals surface area contributed by atoms with E-state index in [1.165, 1.54) is 0 Å². The van der Waals surface area contributed by atoms with Crippen LogP contribution in [0.15, 0.2) is 58.2 Å². The van der Waals surface area contributed by atoms with Crippen LogP contribution in [0.4, 0.5) is 0 Å². The number of hydrazone groups is 1. The Bertz CT molecular complexity index is 1300. The van der Waals surface area contributed by atoms with Crippen LogP contribution in [0.5, 0.6) is 0 Å². The van der Waals surface area contributed by atoms with Gasteiger partial charge in [0, 0.05) is 38.3 Å². The number of hydrogen-bond donors (Lipinski definition) is 1. The Balaban J connectivity index is 1.59. The van der Waals surface area contributed by atoms with Crippen molar-refractivity contribution in [2.75, 3.05) is 0 Å². The number of fused-ring (bicyclic) bond motifs is 1. The fraction of sp³-hybridized carbons (Fsp3) is 0.136. The van der Waals surface area contributed by atoms with Crippen LogP contribution in [-0.4, -0.2) is 26.1 Å². The van der Waals surface area contributed by atoms with Crippen molar-refractivity contribution in [3.63, 3.8) is 0 Å². The van der Waals surface area contributed by atoms with Gasteiger partial charge in [-0.25, -0.2) is 10.4 Å². The second-order valence-electron chi connectivity index (χ2n) is 6.96. The zero-order chi connectivity index (χ0) is 21.4. The molecule has 4 aromatic rings. The first kappa shape index (κ1) is 20.4. The fourth-order valence-corrected chi connectivity index (χ4v) is 4.08. The Labute approximate surface area is 187 Å². The number of nitrogens with zero attached hydrogens (tertiary/aromatic N) is 4. The van der Waals surface area contributed by atoms with Gasteiger partial charge >= 0.3 is 0 Å². The van der Waals surface area contributed by atoms with Crippen molar-refractivity contribution in [1.82, 2.24) is 19.4 Å². The standard InChI is InChI=1S/C22H19BrClN5O/c1-13-9-16(15(3)29(13)19-6-4-5-18(24)10-19)11-25-27-22(30)21-14(2)26-20-8-7-17(23)12-28(20)21/h4-12H,1-3H3,(H,27,30)/b25-11-. The molecule has 1 amide bonds. The van der Waals surface area contributed by atoms with Gasteiger partial charge in [0.1, 0.15) is 11.3 Å². The third-order valence-corrected chi connectivity index (χ3v) is 5.58. The predicted molar refractivity (Wildman–Crippen MR) is 123 cm³/mol. The van der Waals surface area contributed by atoms with Crippen molar-refractivity contribution in [2.45, 2.75) is 20.8 Å². The minimum absolute atomic E-state index is 0.321. The lowest BCUT2D eigenvalue weighted by atomic mass is 10.2. The first-order valence-electron chi connectivity index (χ1n) is 9.27. The number of carbonyl (C=O) groups is 1. The van der Waals surface area contributed by atoms with Crippen LogP contribution >= 0.6 is 27.5 Å². The Morgan fingerprint density at radius 3 is 2.77 bits per heavy atom. The van der Waals surface area contributed by atoms with Crippen molar-refractivity contribution in [3.8, 4) is 5.69 Å². The number of imidazole rings is 1. The number of nitrogens with one attached hydrogen (secondary N) is 1. The number of carbonyl (C=O) groups excluding carboxylic acids is 1. The van der Waals surface area contributed by atoms with Crippen LogP contribution in [-0.2, 0) is 0 Å². The molecule has 1 aromatic carbocycles. The smallest absolute Gasteiger partial charge is 0.290 e. The van der Waals surface area contributed by atoms with Gasteiger partial charge in [0.05, 0.1) is 11.9 Å². The highest BCUT2D eigenvalue weighted by molar-refractivity contribution is 9.10. The van der Waals surface area contributed by atoms with E-state index in [0.717, 1.165) is 27.1 Å². The number of aryl methyl sites for hydroxylation is 2. The molecule has 30 heavy (non-hydrogen) atoms. The molecule has 3 heterocycles. The summed E-state index contributed by atoms with van der Waals surface area (Å²) in [4.78, 5) is 17.2. The van der Waals surface area contributed by atoms with Gasteiger partial charge in [-0.3, -0.25) is 9.20 Å². The summed E-state index contributed by atoms with van der Waals surface area (Å²) in [6.07, 6.45) is 3.46. The van der Waals surface area contributed by atoms with E-state index in [0.29, 0.717) is 22.1 Å². The number of rotatable bonds is 4. The second kappa shape index (κ2) is 8.08. The van der Waals surface area contributed by atoms with Crippen molar-refractivity contribution in [3.05, 3.63) is 86.5 Å². The number of pyridine rings is 1. The van der Waals surface area contributed by atoms with Gasteiger partial charge in [-0.05, 0) is 73.1 Å². The Morgan fingerprint density at radius 2 is 2.00 bits per heavy atom. The number of halogens is 2. The van der Waals surface area contributed by atoms with Gasteiger partial charge in [-0.2, -0.15) is 5.10 Å². The molecule has 8 heteroatoms. The molecule has 0 radical (unpaired) electrons. The molecule has 0 spiro atoms. The number of benzene rings is 1. The van der Waals surface area contributed by atoms with Crippen molar-refractivity contribution < 1.29 is 4.79 Å². The lowest BCUT2D eigenvalue weighted by molar-refractivity contribution is 0.0948. The van der Waals surface area contributed by atoms with Crippen molar-refractivity contribution in [2.24, 2.45) is 5.10 Å². The summed E-state index contributed by atoms with van der Waals surface area (Å²) in [6, 6.07) is 13.4. The molecule has 0 atom stereocenters. The van der Waals surface area contributed by atoms with Crippen LogP contribution in [0.1, 0.15) is 33.1 Å². The number of aromatic nitrogens is 3. The molecule has 152 valence electrons. The molecule has 0 saturated heterocycles. The van der Waals surface area contributed by atoms with Gasteiger partial charge in [-0.1, -0.05) is 17.7 Å². The van der Waals surface area contributed by atoms with Gasteiger partial charge in [0.2, 0.25) is 0 Å². The molecule has 4 rings (SSSR count). The third kappa shape index (κ3) is 3.78. The molecular weight excluding hydrogens is 466 g/mol. The van der Waals surface area contributed by atoms with E-state index in [1.807, 2.05) is 62.5 Å². The quantitative estimate of drug-likeness (QED) is 0.318. The Morgan fingerprint density at radius 1 is 1.20 bits per heavy atom. The molecule has 3 aromatic heterocycles. The topological polar surface area (TPSA) is 63.7 Å². The highest BCUT2D eigenvalue weighted by atomic mass is 79.9. The molecule has 0 aliphatic carbocycles. The van der Waals surface area contributed by atoms with E-state index in [1.54, 1.807) is 17.5 Å². The molecule has 0 bridgehead atoms. The van der Waals surface area contributed by atoms with Gasteiger partial charge in [0.15, 0.2) is 0 Å². The maximum absolute atomic E-state index is 12.7. The number of amides is 1. The van der Waals surface area contributed by atoms with Crippen LogP contribution in [0, 0.1) is 20.8 Å². The minimum atomic E-state index is -0.321. The third-order valence-electron chi connectivity index (χ3n) is 4.88. The van der Waals surface area contributed by atoms with E-state index in [2.05, 4.69) is 36.0 Å². The van der Waals surface area contributed by atoms with E-state index >= 15 is 0 Å². The maximum Gasteiger partial charge on any atom is 0.290 e. The Kier molecular flexibility index (Phi) is 5.49. The normalized spacial score (nSPS) is 11.5. The average Bonchev–Trinajstić information content (AvgIpc) is 3.16. The lowest BCUT2D eigenvalue weighted by Crippen LogP contribution is -2.20. The Hall–Kier alpha value is -2.90. The molecule has 1 N–H and O–H groups in total. The van der Waals surface area contributed by atoms with Crippen molar-refractivity contribution in [1.29, 1.82) is 0 Å². The lowest BCUT2D eigenvalue weighted by Gasteiger charge is -2.09. The van der Waals surface area contributed by atoms with Gasteiger partial charge in [-0.15, -0.1) is 0 Å². The zero-order valence-corrected chi connectivity index (χ0v) is 19.0. The average molecular weight is 485 g/mol. The monoisotopic (exact) mass is 483 g/mol. The molecule has 0 aliphatic heterocycles. The second-order valence-corrected chi connectivity index (χ2v) is 8.31. The van der Waals surface area contributed by atoms with Gasteiger partial charge < -0.3 is 4.57 Å². The van der Waals surface area contributed by atoms with Crippen LogP contribution in [0.2, 0.25) is 5.02 Å².